The van der Waals surface area contributed by atoms with Gasteiger partial charge >= 0.3 is 11.8 Å². The topological polar surface area (TPSA) is 105 Å². The van der Waals surface area contributed by atoms with Crippen molar-refractivity contribution in [2.45, 2.75) is 12.5 Å². The van der Waals surface area contributed by atoms with Crippen LogP contribution in [0.4, 0.5) is 0 Å². The van der Waals surface area contributed by atoms with Gasteiger partial charge in [-0.25, -0.2) is 8.42 Å². The first-order chi connectivity index (χ1) is 10.4. The molecule has 0 aliphatic carbocycles. The Morgan fingerprint density at radius 3 is 2.82 bits per heavy atom. The minimum atomic E-state index is -3.14. The Balaban J connectivity index is 2.03. The van der Waals surface area contributed by atoms with E-state index in [-0.39, 0.29) is 24.7 Å². The quantitative estimate of drug-likeness (QED) is 0.644. The van der Waals surface area contributed by atoms with Crippen molar-refractivity contribution in [3.05, 3.63) is 0 Å². The van der Waals surface area contributed by atoms with Gasteiger partial charge in [-0.1, -0.05) is 11.8 Å². The zero-order valence-corrected chi connectivity index (χ0v) is 13.9. The molecule has 8 nitrogen and oxygen atoms in total. The van der Waals surface area contributed by atoms with E-state index < -0.39 is 27.7 Å². The molecule has 2 rings (SSSR count). The Labute approximate surface area is 133 Å². The summed E-state index contributed by atoms with van der Waals surface area (Å²) in [7, 11) is -1.66. The summed E-state index contributed by atoms with van der Waals surface area (Å²) in [4.78, 5) is 29.7. The number of hydrogen-bond acceptors (Lipinski definition) is 7. The number of amidine groups is 1. The maximum absolute atomic E-state index is 12.3. The zero-order chi connectivity index (χ0) is 16.2. The molecule has 1 N–H and O–H groups in total. The van der Waals surface area contributed by atoms with Gasteiger partial charge in [0.25, 0.3) is 0 Å². The molecule has 2 aliphatic rings. The number of thioether (sulfide) groups is 1. The van der Waals surface area contributed by atoms with Gasteiger partial charge in [0, 0.05) is 25.4 Å². The summed E-state index contributed by atoms with van der Waals surface area (Å²) in [5, 5.41) is 2.91. The molecule has 1 atom stereocenters. The van der Waals surface area contributed by atoms with Gasteiger partial charge in [0.2, 0.25) is 0 Å². The van der Waals surface area contributed by atoms with Crippen LogP contribution in [0.5, 0.6) is 0 Å². The molecular formula is C12H19N3O5S2. The molecule has 124 valence electrons. The van der Waals surface area contributed by atoms with Crippen molar-refractivity contribution in [1.82, 2.24) is 10.2 Å². The first kappa shape index (κ1) is 17.2. The highest BCUT2D eigenvalue weighted by Gasteiger charge is 2.36. The molecule has 10 heteroatoms. The number of rotatable bonds is 4. The van der Waals surface area contributed by atoms with Crippen LogP contribution in [0, 0.1) is 0 Å². The highest BCUT2D eigenvalue weighted by molar-refractivity contribution is 8.14. The van der Waals surface area contributed by atoms with Gasteiger partial charge in [-0.3, -0.25) is 19.9 Å². The summed E-state index contributed by atoms with van der Waals surface area (Å²) < 4.78 is 28.1. The summed E-state index contributed by atoms with van der Waals surface area (Å²) in [5.74, 6) is -0.815. The number of nitrogens with zero attached hydrogens (tertiary/aromatic N) is 2. The van der Waals surface area contributed by atoms with Crippen LogP contribution in [0.15, 0.2) is 4.99 Å². The number of amides is 2. The van der Waals surface area contributed by atoms with Gasteiger partial charge in [0.05, 0.1) is 24.7 Å². The maximum Gasteiger partial charge on any atom is 0.315 e. The standard InChI is InChI=1S/C12H19N3O5S2/c1-20-5-4-15(9-2-7-22(18,19)8-9)11(17)10(16)14-12-13-3-6-21-12/h9H,2-8H2,1H3,(H,13,14,16). The molecule has 2 heterocycles. The van der Waals surface area contributed by atoms with Gasteiger partial charge in [-0.05, 0) is 6.42 Å². The third-order valence-electron chi connectivity index (χ3n) is 3.45. The van der Waals surface area contributed by atoms with Crippen LogP contribution in [0.2, 0.25) is 0 Å². The van der Waals surface area contributed by atoms with E-state index >= 15 is 0 Å². The molecule has 0 saturated carbocycles. The van der Waals surface area contributed by atoms with Crippen molar-refractivity contribution in [2.24, 2.45) is 4.99 Å². The van der Waals surface area contributed by atoms with Crippen LogP contribution in [0.1, 0.15) is 6.42 Å². The Morgan fingerprint density at radius 2 is 2.27 bits per heavy atom. The predicted octanol–water partition coefficient (Wildman–Crippen LogP) is -1.13. The molecule has 0 radical (unpaired) electrons. The van der Waals surface area contributed by atoms with Crippen LogP contribution in [-0.4, -0.2) is 80.4 Å². The Bertz CT molecular complexity index is 575. The molecular weight excluding hydrogens is 330 g/mol. The number of nitrogens with one attached hydrogen (secondary N) is 1. The molecule has 1 unspecified atom stereocenters. The van der Waals surface area contributed by atoms with E-state index in [2.05, 4.69) is 10.3 Å². The van der Waals surface area contributed by atoms with Crippen LogP contribution in [-0.2, 0) is 24.2 Å². The first-order valence-corrected chi connectivity index (χ1v) is 9.72. The number of methoxy groups -OCH3 is 1. The van der Waals surface area contributed by atoms with Crippen molar-refractivity contribution >= 4 is 38.6 Å². The number of carbonyl (C=O) groups excluding carboxylic acids is 2. The molecule has 2 amide bonds. The van der Waals surface area contributed by atoms with E-state index in [1.54, 1.807) is 0 Å². The van der Waals surface area contributed by atoms with E-state index in [1.807, 2.05) is 0 Å². The molecule has 2 aliphatic heterocycles. The molecule has 1 fully saturated rings. The SMILES string of the molecule is COCCN(C(=O)C(=O)NC1=NCCS1)C1CCS(=O)(=O)C1. The number of sulfone groups is 1. The van der Waals surface area contributed by atoms with E-state index in [0.29, 0.717) is 18.1 Å². The van der Waals surface area contributed by atoms with Crippen LogP contribution in [0.25, 0.3) is 0 Å². The molecule has 0 aromatic heterocycles. The lowest BCUT2D eigenvalue weighted by Crippen LogP contribution is -2.50. The Morgan fingerprint density at radius 1 is 1.50 bits per heavy atom. The number of aliphatic imine (C=N–C) groups is 1. The van der Waals surface area contributed by atoms with E-state index in [9.17, 15) is 18.0 Å². The average molecular weight is 349 g/mol. The molecule has 22 heavy (non-hydrogen) atoms. The van der Waals surface area contributed by atoms with Crippen LogP contribution >= 0.6 is 11.8 Å². The second-order valence-electron chi connectivity index (χ2n) is 5.04. The van der Waals surface area contributed by atoms with Gasteiger partial charge in [0.1, 0.15) is 0 Å². The van der Waals surface area contributed by atoms with Crippen molar-refractivity contribution in [2.75, 3.05) is 44.1 Å². The zero-order valence-electron chi connectivity index (χ0n) is 12.3. The smallest absolute Gasteiger partial charge is 0.315 e. The lowest BCUT2D eigenvalue weighted by Gasteiger charge is -2.27. The summed E-state index contributed by atoms with van der Waals surface area (Å²) >= 11 is 1.38. The number of hydrogen-bond donors (Lipinski definition) is 1. The maximum atomic E-state index is 12.3. The fraction of sp³-hybridized carbons (Fsp3) is 0.750. The van der Waals surface area contributed by atoms with Crippen LogP contribution in [0.3, 0.4) is 0 Å². The summed E-state index contributed by atoms with van der Waals surface area (Å²) in [5.41, 5.74) is 0. The van der Waals surface area contributed by atoms with E-state index in [4.69, 9.17) is 4.74 Å². The number of carbonyl (C=O) groups is 2. The van der Waals surface area contributed by atoms with Gasteiger partial charge in [0.15, 0.2) is 15.0 Å². The monoisotopic (exact) mass is 349 g/mol. The molecule has 0 aromatic carbocycles. The van der Waals surface area contributed by atoms with Crippen LogP contribution < -0.4 is 5.32 Å². The third kappa shape index (κ3) is 4.43. The number of ether oxygens (including phenoxy) is 1. The normalized spacial score (nSPS) is 23.1. The van der Waals surface area contributed by atoms with Gasteiger partial charge < -0.3 is 9.64 Å². The van der Waals surface area contributed by atoms with E-state index in [0.717, 1.165) is 5.75 Å². The fourth-order valence-electron chi connectivity index (χ4n) is 2.35. The Hall–Kier alpha value is -1.13. The molecule has 0 spiro atoms. The minimum absolute atomic E-state index is 0.0403. The summed E-state index contributed by atoms with van der Waals surface area (Å²) in [6.07, 6.45) is 0.348. The second-order valence-corrected chi connectivity index (χ2v) is 8.35. The summed E-state index contributed by atoms with van der Waals surface area (Å²) in [6, 6.07) is -0.475. The third-order valence-corrected chi connectivity index (χ3v) is 6.09. The summed E-state index contributed by atoms with van der Waals surface area (Å²) in [6.45, 7) is 1.04. The van der Waals surface area contributed by atoms with Crippen molar-refractivity contribution in [3.63, 3.8) is 0 Å². The van der Waals surface area contributed by atoms with Crippen molar-refractivity contribution in [1.29, 1.82) is 0 Å². The highest BCUT2D eigenvalue weighted by Crippen LogP contribution is 2.18. The molecule has 1 saturated heterocycles. The minimum Gasteiger partial charge on any atom is -0.383 e. The van der Waals surface area contributed by atoms with Gasteiger partial charge in [-0.2, -0.15) is 0 Å². The Kier molecular flexibility index (Phi) is 5.81. The van der Waals surface area contributed by atoms with Crippen molar-refractivity contribution < 1.29 is 22.7 Å². The predicted molar refractivity (Wildman–Crippen MR) is 83.6 cm³/mol. The van der Waals surface area contributed by atoms with Gasteiger partial charge in [-0.15, -0.1) is 0 Å². The first-order valence-electron chi connectivity index (χ1n) is 6.91. The lowest BCUT2D eigenvalue weighted by molar-refractivity contribution is -0.146. The van der Waals surface area contributed by atoms with E-state index in [1.165, 1.54) is 23.8 Å². The molecule has 0 bridgehead atoms. The second kappa shape index (κ2) is 7.42. The van der Waals surface area contributed by atoms with Crippen molar-refractivity contribution in [3.8, 4) is 0 Å². The fourth-order valence-corrected chi connectivity index (χ4v) is 4.81. The highest BCUT2D eigenvalue weighted by atomic mass is 32.2. The largest absolute Gasteiger partial charge is 0.383 e. The lowest BCUT2D eigenvalue weighted by atomic mass is 10.2. The average Bonchev–Trinajstić information content (AvgIpc) is 3.08. The molecule has 0 aromatic rings.